The Morgan fingerprint density at radius 3 is 2.05 bits per heavy atom. The van der Waals surface area contributed by atoms with E-state index in [9.17, 15) is 39.9 Å². The molecule has 0 radical (unpaired) electrons. The molecule has 0 saturated carbocycles. The number of rotatable bonds is 2. The highest BCUT2D eigenvalue weighted by Gasteiger charge is 2.75. The third-order valence-electron chi connectivity index (χ3n) is 2.94. The van der Waals surface area contributed by atoms with E-state index < -0.39 is 48.1 Å². The van der Waals surface area contributed by atoms with Gasteiger partial charge in [0.25, 0.3) is 0 Å². The minimum absolute atomic E-state index is 0.0133. The van der Waals surface area contributed by atoms with Crippen molar-refractivity contribution in [2.75, 3.05) is 6.61 Å². The SMILES string of the molecule is C=C(C(=O)OC1COC(C)(C(F)(F)F)C1(F)F)C(F)(F)F. The molecule has 21 heavy (non-hydrogen) atoms. The molecule has 1 rings (SSSR count). The van der Waals surface area contributed by atoms with Crippen molar-refractivity contribution in [3.63, 3.8) is 0 Å². The fourth-order valence-electron chi connectivity index (χ4n) is 1.45. The van der Waals surface area contributed by atoms with E-state index in [2.05, 4.69) is 16.1 Å². The van der Waals surface area contributed by atoms with Gasteiger partial charge in [-0.2, -0.15) is 35.1 Å². The average molecular weight is 328 g/mol. The quantitative estimate of drug-likeness (QED) is 0.444. The summed E-state index contributed by atoms with van der Waals surface area (Å²) in [6.45, 7) is 0.904. The van der Waals surface area contributed by atoms with Gasteiger partial charge in [-0.25, -0.2) is 4.79 Å². The van der Waals surface area contributed by atoms with Crippen LogP contribution in [0.5, 0.6) is 0 Å². The van der Waals surface area contributed by atoms with Crippen LogP contribution >= 0.6 is 0 Å². The van der Waals surface area contributed by atoms with Crippen LogP contribution in [-0.4, -0.2) is 42.6 Å². The fourth-order valence-corrected chi connectivity index (χ4v) is 1.45. The van der Waals surface area contributed by atoms with Crippen molar-refractivity contribution in [1.29, 1.82) is 0 Å². The predicted octanol–water partition coefficient (Wildman–Crippen LogP) is 3.00. The van der Waals surface area contributed by atoms with Gasteiger partial charge >= 0.3 is 24.2 Å². The van der Waals surface area contributed by atoms with E-state index >= 15 is 0 Å². The van der Waals surface area contributed by atoms with Crippen molar-refractivity contribution in [1.82, 2.24) is 0 Å². The van der Waals surface area contributed by atoms with Gasteiger partial charge in [0.05, 0.1) is 6.61 Å². The molecule has 3 nitrogen and oxygen atoms in total. The summed E-state index contributed by atoms with van der Waals surface area (Å²) in [6.07, 6.45) is -13.6. The number of carbonyl (C=O) groups excluding carboxylic acids is 1. The van der Waals surface area contributed by atoms with Crippen LogP contribution in [0, 0.1) is 0 Å². The van der Waals surface area contributed by atoms with Crippen molar-refractivity contribution < 1.29 is 49.4 Å². The second-order valence-electron chi connectivity index (χ2n) is 4.34. The van der Waals surface area contributed by atoms with Gasteiger partial charge in [-0.05, 0) is 6.92 Å². The lowest BCUT2D eigenvalue weighted by atomic mass is 9.96. The Morgan fingerprint density at radius 2 is 1.71 bits per heavy atom. The molecule has 0 amide bonds. The minimum atomic E-state index is -5.52. The Labute approximate surface area is 112 Å². The molecule has 0 aromatic carbocycles. The summed E-state index contributed by atoms with van der Waals surface area (Å²) in [6, 6.07) is 0. The van der Waals surface area contributed by atoms with Crippen LogP contribution in [0.25, 0.3) is 0 Å². The molecule has 2 atom stereocenters. The highest BCUT2D eigenvalue weighted by atomic mass is 19.4. The van der Waals surface area contributed by atoms with Crippen molar-refractivity contribution >= 4 is 5.97 Å². The molecule has 1 aliphatic heterocycles. The zero-order valence-electron chi connectivity index (χ0n) is 10.2. The second kappa shape index (κ2) is 4.82. The molecule has 0 aromatic heterocycles. The number of hydrogen-bond acceptors (Lipinski definition) is 3. The van der Waals surface area contributed by atoms with Gasteiger partial charge in [-0.15, -0.1) is 0 Å². The fraction of sp³-hybridized carbons (Fsp3) is 0.700. The number of ether oxygens (including phenoxy) is 2. The van der Waals surface area contributed by atoms with Gasteiger partial charge in [0.1, 0.15) is 5.57 Å². The van der Waals surface area contributed by atoms with Crippen molar-refractivity contribution in [3.05, 3.63) is 12.2 Å². The first kappa shape index (κ1) is 17.7. The van der Waals surface area contributed by atoms with Gasteiger partial charge in [-0.3, -0.25) is 0 Å². The van der Waals surface area contributed by atoms with Crippen LogP contribution in [0.15, 0.2) is 12.2 Å². The maximum Gasteiger partial charge on any atom is 0.423 e. The van der Waals surface area contributed by atoms with E-state index in [0.29, 0.717) is 0 Å². The molecule has 1 aliphatic rings. The van der Waals surface area contributed by atoms with Gasteiger partial charge in [0.2, 0.25) is 5.60 Å². The summed E-state index contributed by atoms with van der Waals surface area (Å²) in [5, 5.41) is 0. The first-order valence-electron chi connectivity index (χ1n) is 5.20. The topological polar surface area (TPSA) is 35.5 Å². The molecule has 0 aliphatic carbocycles. The Balaban J connectivity index is 2.94. The summed E-state index contributed by atoms with van der Waals surface area (Å²) < 4.78 is 109. The van der Waals surface area contributed by atoms with Crippen molar-refractivity contribution in [3.8, 4) is 0 Å². The smallest absolute Gasteiger partial charge is 0.423 e. The number of carbonyl (C=O) groups is 1. The molecule has 0 aromatic rings. The normalized spacial score (nSPS) is 29.3. The molecule has 1 heterocycles. The monoisotopic (exact) mass is 328 g/mol. The Morgan fingerprint density at radius 1 is 1.24 bits per heavy atom. The molecular weight excluding hydrogens is 320 g/mol. The van der Waals surface area contributed by atoms with Crippen molar-refractivity contribution in [2.24, 2.45) is 0 Å². The van der Waals surface area contributed by atoms with Gasteiger partial charge in [0.15, 0.2) is 6.10 Å². The molecular formula is C10H8F8O3. The average Bonchev–Trinajstić information content (AvgIpc) is 2.50. The summed E-state index contributed by atoms with van der Waals surface area (Å²) in [5.74, 6) is -7.05. The van der Waals surface area contributed by atoms with Crippen LogP contribution < -0.4 is 0 Å². The van der Waals surface area contributed by atoms with Crippen LogP contribution in [0.3, 0.4) is 0 Å². The largest absolute Gasteiger partial charge is 0.450 e. The van der Waals surface area contributed by atoms with Crippen LogP contribution in [0.1, 0.15) is 6.92 Å². The second-order valence-corrected chi connectivity index (χ2v) is 4.34. The van der Waals surface area contributed by atoms with E-state index in [-0.39, 0.29) is 6.92 Å². The molecule has 1 fully saturated rings. The zero-order chi connectivity index (χ0) is 16.9. The van der Waals surface area contributed by atoms with E-state index in [1.807, 2.05) is 0 Å². The number of hydrogen-bond donors (Lipinski definition) is 0. The van der Waals surface area contributed by atoms with E-state index in [1.165, 1.54) is 0 Å². The van der Waals surface area contributed by atoms with Crippen LogP contribution in [0.2, 0.25) is 0 Å². The van der Waals surface area contributed by atoms with E-state index in [1.54, 1.807) is 0 Å². The molecule has 0 N–H and O–H groups in total. The first-order valence-corrected chi connectivity index (χ1v) is 5.20. The predicted molar refractivity (Wildman–Crippen MR) is 50.4 cm³/mol. The lowest BCUT2D eigenvalue weighted by molar-refractivity contribution is -0.314. The van der Waals surface area contributed by atoms with Crippen molar-refractivity contribution in [2.45, 2.75) is 36.9 Å². The Kier molecular flexibility index (Phi) is 4.05. The number of esters is 1. The third kappa shape index (κ3) is 2.83. The van der Waals surface area contributed by atoms with E-state index in [4.69, 9.17) is 0 Å². The first-order chi connectivity index (χ1) is 9.14. The maximum atomic E-state index is 13.6. The number of alkyl halides is 8. The summed E-state index contributed by atoms with van der Waals surface area (Å²) in [7, 11) is 0. The maximum absolute atomic E-state index is 13.6. The van der Waals surface area contributed by atoms with Crippen LogP contribution in [0.4, 0.5) is 35.1 Å². The molecule has 1 saturated heterocycles. The molecule has 2 unspecified atom stereocenters. The molecule has 11 heteroatoms. The summed E-state index contributed by atoms with van der Waals surface area (Å²) >= 11 is 0. The molecule has 0 spiro atoms. The summed E-state index contributed by atoms with van der Waals surface area (Å²) in [4.78, 5) is 11.0. The lowest BCUT2D eigenvalue weighted by Gasteiger charge is -2.32. The zero-order valence-corrected chi connectivity index (χ0v) is 10.2. The summed E-state index contributed by atoms with van der Waals surface area (Å²) in [5.41, 5.74) is -6.08. The van der Waals surface area contributed by atoms with Gasteiger partial charge in [0, 0.05) is 0 Å². The highest BCUT2D eigenvalue weighted by Crippen LogP contribution is 2.51. The number of halogens is 8. The standard InChI is InChI=1S/C10H8F8O3/c1-4(9(13,14)15)6(19)21-5-3-20-7(2,8(5,11)12)10(16,17)18/h5H,1,3H2,2H3. The van der Waals surface area contributed by atoms with Gasteiger partial charge in [-0.1, -0.05) is 6.58 Å². The van der Waals surface area contributed by atoms with Gasteiger partial charge < -0.3 is 9.47 Å². The Hall–Kier alpha value is -1.39. The van der Waals surface area contributed by atoms with E-state index in [0.717, 1.165) is 0 Å². The molecule has 0 bridgehead atoms. The molecule has 122 valence electrons. The third-order valence-corrected chi connectivity index (χ3v) is 2.94. The van der Waals surface area contributed by atoms with Crippen LogP contribution in [-0.2, 0) is 14.3 Å². The highest BCUT2D eigenvalue weighted by molar-refractivity contribution is 5.89. The minimum Gasteiger partial charge on any atom is -0.450 e. The Bertz CT molecular complexity index is 452. The lowest BCUT2D eigenvalue weighted by Crippen LogP contribution is -2.57.